The van der Waals surface area contributed by atoms with Crippen LogP contribution in [0, 0.1) is 11.3 Å². The summed E-state index contributed by atoms with van der Waals surface area (Å²) in [6.07, 6.45) is 0.174. The maximum atomic E-state index is 14.5. The number of amides is 2. The molecule has 2 fully saturated rings. The minimum Gasteiger partial charge on any atom is -0.369 e. The molecular formula is C29H33F3N4O2. The van der Waals surface area contributed by atoms with E-state index in [9.17, 15) is 28.0 Å². The maximum Gasteiger partial charge on any atom is 0.257 e. The fraction of sp³-hybridized carbons (Fsp3) is 0.483. The molecule has 4 N–H and O–H groups in total. The Hall–Kier alpha value is -3.38. The summed E-state index contributed by atoms with van der Waals surface area (Å²) in [5, 5.41) is 14.5. The van der Waals surface area contributed by atoms with Gasteiger partial charge in [-0.15, -0.1) is 0 Å². The van der Waals surface area contributed by atoms with Crippen LogP contribution in [0.2, 0.25) is 0 Å². The minimum absolute atomic E-state index is 0.249. The van der Waals surface area contributed by atoms with Gasteiger partial charge in [0, 0.05) is 6.42 Å². The van der Waals surface area contributed by atoms with E-state index in [-0.39, 0.29) is 17.9 Å². The van der Waals surface area contributed by atoms with Crippen LogP contribution in [0.5, 0.6) is 0 Å². The van der Waals surface area contributed by atoms with Crippen molar-refractivity contribution in [3.63, 3.8) is 0 Å². The normalized spacial score (nSPS) is 19.1. The van der Waals surface area contributed by atoms with E-state index in [2.05, 4.69) is 10.6 Å². The molecule has 2 amide bonds. The van der Waals surface area contributed by atoms with Crippen molar-refractivity contribution >= 4 is 11.8 Å². The molecule has 202 valence electrons. The molecule has 2 aliphatic carbocycles. The molecular weight excluding hydrogens is 493 g/mol. The zero-order chi connectivity index (χ0) is 27.7. The van der Waals surface area contributed by atoms with Gasteiger partial charge in [-0.1, -0.05) is 55.0 Å². The van der Waals surface area contributed by atoms with Crippen molar-refractivity contribution in [1.82, 2.24) is 10.6 Å². The predicted octanol–water partition coefficient (Wildman–Crippen LogP) is 4.84. The van der Waals surface area contributed by atoms with Crippen molar-refractivity contribution < 1.29 is 22.8 Å². The lowest BCUT2D eigenvalue weighted by molar-refractivity contribution is -0.126. The Bertz CT molecular complexity index is 1210. The smallest absolute Gasteiger partial charge is 0.257 e. The molecule has 9 heteroatoms. The molecule has 2 aromatic rings. The summed E-state index contributed by atoms with van der Waals surface area (Å²) < 4.78 is 42.8. The molecule has 0 spiro atoms. The summed E-state index contributed by atoms with van der Waals surface area (Å²) >= 11 is 0. The second kappa shape index (κ2) is 10.4. The lowest BCUT2D eigenvalue weighted by atomic mass is 9.64. The Morgan fingerprint density at radius 1 is 1.03 bits per heavy atom. The average molecular weight is 527 g/mol. The molecule has 0 bridgehead atoms. The Morgan fingerprint density at radius 2 is 1.58 bits per heavy atom. The number of halogens is 3. The van der Waals surface area contributed by atoms with E-state index in [1.807, 2.05) is 30.3 Å². The lowest BCUT2D eigenvalue weighted by Gasteiger charge is -2.39. The van der Waals surface area contributed by atoms with Gasteiger partial charge in [0.15, 0.2) is 0 Å². The van der Waals surface area contributed by atoms with Gasteiger partial charge in [0.25, 0.3) is 6.43 Å². The van der Waals surface area contributed by atoms with Crippen molar-refractivity contribution in [1.29, 1.82) is 5.26 Å². The number of nitrogens with zero attached hydrogens (tertiary/aromatic N) is 1. The van der Waals surface area contributed by atoms with E-state index in [4.69, 9.17) is 5.73 Å². The van der Waals surface area contributed by atoms with Crippen LogP contribution in [0.1, 0.15) is 69.5 Å². The molecule has 2 aromatic carbocycles. The number of rotatable bonds is 11. The van der Waals surface area contributed by atoms with Crippen LogP contribution in [0.15, 0.2) is 48.5 Å². The summed E-state index contributed by atoms with van der Waals surface area (Å²) in [5.41, 5.74) is 5.01. The van der Waals surface area contributed by atoms with Crippen LogP contribution in [-0.4, -0.2) is 35.5 Å². The van der Waals surface area contributed by atoms with Crippen molar-refractivity contribution in [3.8, 4) is 17.2 Å². The van der Waals surface area contributed by atoms with Crippen LogP contribution in [0.3, 0.4) is 0 Å². The molecule has 2 saturated carbocycles. The summed E-state index contributed by atoms with van der Waals surface area (Å²) in [4.78, 5) is 24.9. The Labute approximate surface area is 220 Å². The van der Waals surface area contributed by atoms with E-state index in [1.54, 1.807) is 24.3 Å². The van der Waals surface area contributed by atoms with Crippen molar-refractivity contribution in [2.24, 2.45) is 5.73 Å². The molecule has 4 rings (SSSR count). The standard InChI is InChI=1S/C29H33F3N4O2/c1-27(2,32)16-22(25(37)36-28(17-33)14-15-28)35-23(24(30)31)20-6-4-18(5-7-20)19-8-10-21(11-9-19)29(26(34)38)12-3-13-29/h4-11,22-24,35H,3,12-16H2,1-2H3,(H2,34,38)(H,36,37)/t22-,23-/m0/s1. The largest absolute Gasteiger partial charge is 0.369 e. The Morgan fingerprint density at radius 3 is 1.97 bits per heavy atom. The highest BCUT2D eigenvalue weighted by atomic mass is 19.3. The number of benzene rings is 2. The first-order chi connectivity index (χ1) is 17.9. The van der Waals surface area contributed by atoms with E-state index in [0.717, 1.165) is 36.0 Å². The molecule has 0 saturated heterocycles. The van der Waals surface area contributed by atoms with Crippen molar-refractivity contribution in [3.05, 3.63) is 59.7 Å². The number of nitrogens with one attached hydrogen (secondary N) is 2. The van der Waals surface area contributed by atoms with Gasteiger partial charge in [-0.25, -0.2) is 13.2 Å². The second-order valence-corrected chi connectivity index (χ2v) is 11.1. The summed E-state index contributed by atoms with van der Waals surface area (Å²) in [6, 6.07) is 13.3. The molecule has 38 heavy (non-hydrogen) atoms. The van der Waals surface area contributed by atoms with E-state index < -0.39 is 41.0 Å². The number of alkyl halides is 3. The van der Waals surface area contributed by atoms with Crippen molar-refractivity contribution in [2.45, 2.75) is 87.5 Å². The fourth-order valence-electron chi connectivity index (χ4n) is 5.03. The van der Waals surface area contributed by atoms with Crippen LogP contribution < -0.4 is 16.4 Å². The number of hydrogen-bond donors (Lipinski definition) is 3. The third kappa shape index (κ3) is 5.86. The molecule has 0 aromatic heterocycles. The topological polar surface area (TPSA) is 108 Å². The maximum absolute atomic E-state index is 14.5. The molecule has 2 aliphatic rings. The van der Waals surface area contributed by atoms with Gasteiger partial charge in [-0.3, -0.25) is 14.9 Å². The molecule has 6 nitrogen and oxygen atoms in total. The quantitative estimate of drug-likeness (QED) is 0.390. The third-order valence-corrected chi connectivity index (χ3v) is 7.68. The predicted molar refractivity (Wildman–Crippen MR) is 138 cm³/mol. The highest BCUT2D eigenvalue weighted by molar-refractivity contribution is 5.88. The molecule has 0 radical (unpaired) electrons. The second-order valence-electron chi connectivity index (χ2n) is 11.1. The van der Waals surface area contributed by atoms with Crippen LogP contribution in [0.25, 0.3) is 11.1 Å². The number of nitriles is 1. The molecule has 0 aliphatic heterocycles. The van der Waals surface area contributed by atoms with Gasteiger partial charge in [-0.05, 0) is 61.8 Å². The third-order valence-electron chi connectivity index (χ3n) is 7.68. The monoisotopic (exact) mass is 526 g/mol. The van der Waals surface area contributed by atoms with Gasteiger partial charge in [-0.2, -0.15) is 5.26 Å². The van der Waals surface area contributed by atoms with Gasteiger partial charge in [0.05, 0.1) is 23.6 Å². The molecule has 0 unspecified atom stereocenters. The highest BCUT2D eigenvalue weighted by Crippen LogP contribution is 2.44. The van der Waals surface area contributed by atoms with Gasteiger partial charge < -0.3 is 11.1 Å². The summed E-state index contributed by atoms with van der Waals surface area (Å²) in [7, 11) is 0. The first-order valence-electron chi connectivity index (χ1n) is 12.9. The average Bonchev–Trinajstić information content (AvgIpc) is 3.60. The van der Waals surface area contributed by atoms with Gasteiger partial charge >= 0.3 is 0 Å². The number of carbonyl (C=O) groups is 2. The summed E-state index contributed by atoms with van der Waals surface area (Å²) in [5.74, 6) is -0.994. The number of hydrogen-bond acceptors (Lipinski definition) is 4. The van der Waals surface area contributed by atoms with E-state index in [1.165, 1.54) is 13.8 Å². The zero-order valence-corrected chi connectivity index (χ0v) is 21.6. The molecule has 0 heterocycles. The zero-order valence-electron chi connectivity index (χ0n) is 21.6. The SMILES string of the molecule is CC(C)(F)C[C@H](N[C@@H](c1ccc(-c2ccc(C3(C(N)=O)CCC3)cc2)cc1)C(F)F)C(=O)NC1(C#N)CC1. The van der Waals surface area contributed by atoms with E-state index in [0.29, 0.717) is 12.8 Å². The van der Waals surface area contributed by atoms with Crippen molar-refractivity contribution in [2.75, 3.05) is 0 Å². The summed E-state index contributed by atoms with van der Waals surface area (Å²) in [6.45, 7) is 2.56. The van der Waals surface area contributed by atoms with Crippen LogP contribution >= 0.6 is 0 Å². The first-order valence-corrected chi connectivity index (χ1v) is 12.9. The highest BCUT2D eigenvalue weighted by Gasteiger charge is 2.46. The van der Waals surface area contributed by atoms with Crippen LogP contribution in [0.4, 0.5) is 13.2 Å². The Balaban J connectivity index is 1.51. The fourth-order valence-corrected chi connectivity index (χ4v) is 5.03. The van der Waals surface area contributed by atoms with Crippen LogP contribution in [-0.2, 0) is 15.0 Å². The lowest BCUT2D eigenvalue weighted by Crippen LogP contribution is -2.52. The van der Waals surface area contributed by atoms with Gasteiger partial charge in [0.1, 0.15) is 11.2 Å². The van der Waals surface area contributed by atoms with Gasteiger partial charge in [0.2, 0.25) is 11.8 Å². The number of carbonyl (C=O) groups excluding carboxylic acids is 2. The minimum atomic E-state index is -2.86. The van der Waals surface area contributed by atoms with E-state index >= 15 is 0 Å². The number of primary amides is 1. The first kappa shape index (κ1) is 27.6. The number of nitrogens with two attached hydrogens (primary N) is 1. The Kier molecular flexibility index (Phi) is 7.57. The molecule has 2 atom stereocenters.